The molecule has 0 saturated carbocycles. The van der Waals surface area contributed by atoms with Gasteiger partial charge >= 0.3 is 6.03 Å². The maximum Gasteiger partial charge on any atom is 0.329 e. The quantitative estimate of drug-likeness (QED) is 0.174. The van der Waals surface area contributed by atoms with Crippen LogP contribution in [0.5, 0.6) is 0 Å². The van der Waals surface area contributed by atoms with Gasteiger partial charge in [0.25, 0.3) is 5.91 Å². The molecule has 0 bridgehead atoms. The standard InChI is InChI=1S/C46H47FN14O5S/c1-55-41-31(42(54-55)60-15-10-37(62)51-45(60)65)8-9-36(50-41)57-16-11-46(66,12-17-57)25-38(63)58-20-18-56(19-21-58)30-6-4-28(5-7-30)29-23-33(47)32-26-61(53-34(32)24-29)40(43(64)52-44-48-13-22-67-44)39-35-3-2-14-59(35)27-49-39/h4-9,13,22-24,26-27,40,66H,2-3,10-12,14-21,25H2,1H3,(H,48,52,64)(H,51,62,65). The summed E-state index contributed by atoms with van der Waals surface area (Å²) in [5.41, 5.74) is 3.88. The first kappa shape index (κ1) is 42.4. The second-order valence-electron chi connectivity index (χ2n) is 17.6. The zero-order valence-corrected chi connectivity index (χ0v) is 37.5. The third-order valence-corrected chi connectivity index (χ3v) is 14.2. The van der Waals surface area contributed by atoms with Crippen molar-refractivity contribution in [3.63, 3.8) is 0 Å². The van der Waals surface area contributed by atoms with Gasteiger partial charge in [0.1, 0.15) is 11.6 Å². The lowest BCUT2D eigenvalue weighted by molar-refractivity contribution is -0.137. The van der Waals surface area contributed by atoms with Gasteiger partial charge in [0.05, 0.1) is 40.3 Å². The minimum absolute atomic E-state index is 0.0402. The van der Waals surface area contributed by atoms with Crippen molar-refractivity contribution in [3.05, 3.63) is 89.8 Å². The van der Waals surface area contributed by atoms with Crippen LogP contribution < -0.4 is 25.3 Å². The minimum atomic E-state index is -1.14. The number of benzene rings is 2. The highest BCUT2D eigenvalue weighted by Crippen LogP contribution is 2.35. The van der Waals surface area contributed by atoms with Gasteiger partial charge in [0, 0.05) is 95.0 Å². The molecule has 5 aromatic heterocycles. The van der Waals surface area contributed by atoms with Crippen LogP contribution in [0.1, 0.15) is 49.5 Å². The average molecular weight is 927 g/mol. The van der Waals surface area contributed by atoms with Crippen molar-refractivity contribution in [2.75, 3.05) is 65.8 Å². The number of anilines is 4. The molecule has 11 rings (SSSR count). The minimum Gasteiger partial charge on any atom is -0.389 e. The Morgan fingerprint density at radius 3 is 2.48 bits per heavy atom. The summed E-state index contributed by atoms with van der Waals surface area (Å²) in [6.45, 7) is 4.37. The Hall–Kier alpha value is -7.26. The highest BCUT2D eigenvalue weighted by Gasteiger charge is 2.38. The summed E-state index contributed by atoms with van der Waals surface area (Å²) in [5.74, 6) is -0.0349. The molecule has 21 heteroatoms. The SMILES string of the molecule is Cn1nc(N2CCC(=O)NC2=O)c2ccc(N3CCC(O)(CC(=O)N4CCN(c5ccc(-c6cc(F)c7cn(C(C(=O)Nc8nccs8)c8ncn9c8CCC9)nc7c6)cc5)CC4)CC3)nc21. The number of hydrogen-bond donors (Lipinski definition) is 3. The van der Waals surface area contributed by atoms with Crippen LogP contribution in [0.2, 0.25) is 0 Å². The van der Waals surface area contributed by atoms with E-state index in [1.54, 1.807) is 35.8 Å². The lowest BCUT2D eigenvalue weighted by atomic mass is 9.87. The van der Waals surface area contributed by atoms with Crippen LogP contribution in [0.4, 0.5) is 31.6 Å². The van der Waals surface area contributed by atoms with Crippen LogP contribution in [0.25, 0.3) is 33.1 Å². The number of piperidine rings is 1. The number of rotatable bonds is 10. The average Bonchev–Trinajstić information content (AvgIpc) is 4.19. The van der Waals surface area contributed by atoms with Crippen molar-refractivity contribution >= 4 is 79.5 Å². The molecule has 344 valence electrons. The molecule has 2 aromatic carbocycles. The maximum absolute atomic E-state index is 15.9. The first-order valence-electron chi connectivity index (χ1n) is 22.5. The van der Waals surface area contributed by atoms with Crippen LogP contribution in [0, 0.1) is 5.82 Å². The highest BCUT2D eigenvalue weighted by atomic mass is 32.1. The molecule has 3 fully saturated rings. The van der Waals surface area contributed by atoms with Crippen LogP contribution in [0.15, 0.2) is 72.6 Å². The van der Waals surface area contributed by atoms with Gasteiger partial charge in [-0.2, -0.15) is 10.2 Å². The number of carbonyl (C=O) groups is 4. The van der Waals surface area contributed by atoms with E-state index in [-0.39, 0.29) is 37.1 Å². The molecule has 3 saturated heterocycles. The van der Waals surface area contributed by atoms with E-state index in [0.717, 1.165) is 36.3 Å². The molecule has 4 aliphatic heterocycles. The van der Waals surface area contributed by atoms with Gasteiger partial charge in [-0.1, -0.05) is 12.1 Å². The number of hydrogen-bond acceptors (Lipinski definition) is 13. The number of aromatic nitrogens is 8. The number of halogens is 1. The molecule has 9 heterocycles. The molecule has 0 radical (unpaired) electrons. The van der Waals surface area contributed by atoms with Gasteiger partial charge in [-0.3, -0.25) is 34.6 Å². The summed E-state index contributed by atoms with van der Waals surface area (Å²) < 4.78 is 21.0. The van der Waals surface area contributed by atoms with Crippen LogP contribution in [-0.4, -0.2) is 124 Å². The number of thiazole rings is 1. The number of pyridine rings is 1. The predicted octanol–water partition coefficient (Wildman–Crippen LogP) is 4.47. The summed E-state index contributed by atoms with van der Waals surface area (Å²) in [5, 5.41) is 29.3. The van der Waals surface area contributed by atoms with Crippen molar-refractivity contribution in [2.45, 2.75) is 56.7 Å². The third kappa shape index (κ3) is 8.00. The second kappa shape index (κ2) is 16.9. The fourth-order valence-corrected chi connectivity index (χ4v) is 10.3. The molecular formula is C46H47FN14O5S. The molecule has 0 spiro atoms. The number of imide groups is 1. The van der Waals surface area contributed by atoms with E-state index in [1.807, 2.05) is 47.4 Å². The van der Waals surface area contributed by atoms with Gasteiger partial charge in [0.15, 0.2) is 22.6 Å². The zero-order valence-electron chi connectivity index (χ0n) is 36.6. The Kier molecular flexibility index (Phi) is 10.7. The molecule has 19 nitrogen and oxygen atoms in total. The number of nitrogens with one attached hydrogen (secondary N) is 2. The van der Waals surface area contributed by atoms with Gasteiger partial charge < -0.3 is 24.4 Å². The van der Waals surface area contributed by atoms with Crippen LogP contribution in [0.3, 0.4) is 0 Å². The Bertz CT molecular complexity index is 3060. The number of urea groups is 1. The first-order chi connectivity index (χ1) is 32.5. The molecule has 7 aromatic rings. The monoisotopic (exact) mass is 926 g/mol. The Morgan fingerprint density at radius 1 is 0.910 bits per heavy atom. The third-order valence-electron chi connectivity index (χ3n) is 13.5. The van der Waals surface area contributed by atoms with E-state index in [0.29, 0.717) is 102 Å². The summed E-state index contributed by atoms with van der Waals surface area (Å²) in [6, 6.07) is 13.5. The van der Waals surface area contributed by atoms with Crippen LogP contribution >= 0.6 is 11.3 Å². The molecule has 3 N–H and O–H groups in total. The lowest BCUT2D eigenvalue weighted by Gasteiger charge is -2.41. The molecule has 0 aliphatic carbocycles. The number of imidazole rings is 1. The second-order valence-corrected chi connectivity index (χ2v) is 18.5. The lowest BCUT2D eigenvalue weighted by Crippen LogP contribution is -2.52. The molecule has 4 aliphatic rings. The fourth-order valence-electron chi connectivity index (χ4n) is 9.81. The van der Waals surface area contributed by atoms with E-state index in [9.17, 15) is 24.3 Å². The largest absolute Gasteiger partial charge is 0.389 e. The first-order valence-corrected chi connectivity index (χ1v) is 23.3. The number of fused-ring (bicyclic) bond motifs is 3. The van der Waals surface area contributed by atoms with Crippen molar-refractivity contribution in [1.82, 2.24) is 49.3 Å². The van der Waals surface area contributed by atoms with Crippen molar-refractivity contribution in [2.24, 2.45) is 7.05 Å². The summed E-state index contributed by atoms with van der Waals surface area (Å²) in [7, 11) is 1.76. The van der Waals surface area contributed by atoms with Gasteiger partial charge in [-0.25, -0.2) is 28.8 Å². The molecule has 67 heavy (non-hydrogen) atoms. The summed E-state index contributed by atoms with van der Waals surface area (Å²) in [4.78, 5) is 72.8. The van der Waals surface area contributed by atoms with Crippen molar-refractivity contribution in [1.29, 1.82) is 0 Å². The highest BCUT2D eigenvalue weighted by molar-refractivity contribution is 7.13. The van der Waals surface area contributed by atoms with E-state index >= 15 is 4.39 Å². The van der Waals surface area contributed by atoms with Gasteiger partial charge in [-0.15, -0.1) is 11.3 Å². The Balaban J connectivity index is 0.707. The molecular weight excluding hydrogens is 880 g/mol. The normalized spacial score (nSPS) is 17.9. The topological polar surface area (TPSA) is 205 Å². The van der Waals surface area contributed by atoms with Crippen LogP contribution in [-0.2, 0) is 34.4 Å². The Morgan fingerprint density at radius 2 is 1.72 bits per heavy atom. The number of piperazine rings is 1. The van der Waals surface area contributed by atoms with E-state index in [2.05, 4.69) is 40.1 Å². The molecule has 1 unspecified atom stereocenters. The molecule has 1 atom stereocenters. The molecule has 5 amide bonds. The number of amides is 5. The maximum atomic E-state index is 15.9. The smallest absolute Gasteiger partial charge is 0.329 e. The summed E-state index contributed by atoms with van der Waals surface area (Å²) in [6.07, 6.45) is 7.73. The van der Waals surface area contributed by atoms with E-state index in [1.165, 1.54) is 27.0 Å². The predicted molar refractivity (Wildman–Crippen MR) is 248 cm³/mol. The zero-order chi connectivity index (χ0) is 46.0. The van der Waals surface area contributed by atoms with E-state index in [4.69, 9.17) is 10.1 Å². The van der Waals surface area contributed by atoms with Crippen molar-refractivity contribution < 1.29 is 28.7 Å². The van der Waals surface area contributed by atoms with E-state index < -0.39 is 23.5 Å². The van der Waals surface area contributed by atoms with Crippen molar-refractivity contribution in [3.8, 4) is 11.1 Å². The number of aryl methyl sites for hydroxylation is 2. The fraction of sp³-hybridized carbons (Fsp3) is 0.370. The number of aliphatic hydroxyl groups is 1. The number of carbonyl (C=O) groups excluding carboxylic acids is 4. The van der Waals surface area contributed by atoms with Gasteiger partial charge in [0.2, 0.25) is 11.8 Å². The summed E-state index contributed by atoms with van der Waals surface area (Å²) >= 11 is 1.31. The van der Waals surface area contributed by atoms with Gasteiger partial charge in [-0.05, 0) is 73.2 Å². The number of nitrogens with zero attached hydrogens (tertiary/aromatic N) is 12. The Labute approximate surface area is 386 Å².